The molecule has 0 aliphatic heterocycles. The van der Waals surface area contributed by atoms with Gasteiger partial charge in [0.1, 0.15) is 5.65 Å². The molecule has 1 aliphatic rings. The summed E-state index contributed by atoms with van der Waals surface area (Å²) in [4.78, 5) is 20.2. The van der Waals surface area contributed by atoms with Crippen molar-refractivity contribution in [3.63, 3.8) is 0 Å². The summed E-state index contributed by atoms with van der Waals surface area (Å²) >= 11 is 3.42. The molecule has 0 radical (unpaired) electrons. The summed E-state index contributed by atoms with van der Waals surface area (Å²) in [7, 11) is 0. The molecule has 0 unspecified atom stereocenters. The molecule has 1 aromatic carbocycles. The van der Waals surface area contributed by atoms with E-state index in [9.17, 15) is 4.79 Å². The van der Waals surface area contributed by atoms with Crippen molar-refractivity contribution in [1.82, 2.24) is 9.97 Å². The Balaban J connectivity index is 1.70. The molecule has 104 valence electrons. The van der Waals surface area contributed by atoms with Crippen molar-refractivity contribution in [2.24, 2.45) is 5.92 Å². The number of carbonyl (C=O) groups excluding carboxylic acids is 1. The number of carbonyl (C=O) groups is 1. The number of fused-ring (bicyclic) bond motifs is 2. The van der Waals surface area contributed by atoms with Crippen LogP contribution in [0.3, 0.4) is 0 Å². The van der Waals surface area contributed by atoms with Crippen LogP contribution in [-0.4, -0.2) is 15.8 Å². The van der Waals surface area contributed by atoms with Gasteiger partial charge < -0.3 is 4.98 Å². The lowest BCUT2D eigenvalue weighted by Crippen LogP contribution is -2.14. The third-order valence-electron chi connectivity index (χ3n) is 4.18. The summed E-state index contributed by atoms with van der Waals surface area (Å²) in [5.74, 6) is 0.248. The molecule has 0 amide bonds. The Morgan fingerprint density at radius 2 is 1.95 bits per heavy atom. The minimum atomic E-state index is 0.0420. The van der Waals surface area contributed by atoms with Crippen molar-refractivity contribution < 1.29 is 4.79 Å². The summed E-state index contributed by atoms with van der Waals surface area (Å²) in [6, 6.07) is 10.3. The fourth-order valence-electron chi connectivity index (χ4n) is 3.15. The molecule has 2 heterocycles. The smallest absolute Gasteiger partial charge is 0.168 e. The molecular weight excluding hydrogens is 328 g/mol. The van der Waals surface area contributed by atoms with E-state index in [1.54, 1.807) is 12.4 Å². The van der Waals surface area contributed by atoms with Crippen LogP contribution in [0.2, 0.25) is 0 Å². The predicted octanol–water partition coefficient (Wildman–Crippen LogP) is 3.92. The van der Waals surface area contributed by atoms with Crippen LogP contribution in [0.15, 0.2) is 47.2 Å². The second kappa shape index (κ2) is 4.81. The van der Waals surface area contributed by atoms with Crippen molar-refractivity contribution >= 4 is 32.7 Å². The normalized spacial score (nSPS) is 14.5. The van der Waals surface area contributed by atoms with Gasteiger partial charge in [0.25, 0.3) is 0 Å². The Labute approximate surface area is 130 Å². The fraction of sp³-hybridized carbons (Fsp3) is 0.176. The SMILES string of the molecule is O=C(c1c[nH]c2ncc(Br)cc12)C1Cc2ccccc2C1. The van der Waals surface area contributed by atoms with Crippen molar-refractivity contribution in [2.45, 2.75) is 12.8 Å². The number of aromatic amines is 1. The summed E-state index contributed by atoms with van der Waals surface area (Å²) in [6.45, 7) is 0. The van der Waals surface area contributed by atoms with Gasteiger partial charge in [-0.05, 0) is 46.0 Å². The molecule has 0 spiro atoms. The van der Waals surface area contributed by atoms with E-state index in [0.29, 0.717) is 0 Å². The zero-order chi connectivity index (χ0) is 14.4. The van der Waals surface area contributed by atoms with Crippen molar-refractivity contribution in [3.8, 4) is 0 Å². The Morgan fingerprint density at radius 1 is 1.24 bits per heavy atom. The van der Waals surface area contributed by atoms with E-state index in [0.717, 1.165) is 33.9 Å². The monoisotopic (exact) mass is 340 g/mol. The molecule has 4 heteroatoms. The van der Waals surface area contributed by atoms with Gasteiger partial charge in [0.2, 0.25) is 0 Å². The molecular formula is C17H13BrN2O. The van der Waals surface area contributed by atoms with E-state index in [2.05, 4.69) is 38.0 Å². The van der Waals surface area contributed by atoms with Gasteiger partial charge in [0, 0.05) is 33.7 Å². The number of nitrogens with one attached hydrogen (secondary N) is 1. The second-order valence-electron chi connectivity index (χ2n) is 5.49. The molecule has 0 bridgehead atoms. The molecule has 3 nitrogen and oxygen atoms in total. The van der Waals surface area contributed by atoms with Crippen LogP contribution in [0, 0.1) is 5.92 Å². The number of pyridine rings is 1. The summed E-state index contributed by atoms with van der Waals surface area (Å²) < 4.78 is 0.887. The number of benzene rings is 1. The number of nitrogens with zero attached hydrogens (tertiary/aromatic N) is 1. The van der Waals surface area contributed by atoms with Gasteiger partial charge in [-0.25, -0.2) is 4.98 Å². The van der Waals surface area contributed by atoms with Crippen LogP contribution >= 0.6 is 15.9 Å². The first kappa shape index (κ1) is 12.8. The largest absolute Gasteiger partial charge is 0.345 e. The second-order valence-corrected chi connectivity index (χ2v) is 6.41. The van der Waals surface area contributed by atoms with E-state index >= 15 is 0 Å². The van der Waals surface area contributed by atoms with Crippen LogP contribution in [0.5, 0.6) is 0 Å². The molecule has 3 aromatic rings. The van der Waals surface area contributed by atoms with Crippen molar-refractivity contribution in [2.75, 3.05) is 0 Å². The standard InChI is InChI=1S/C17H13BrN2O/c18-13-7-14-15(9-20-17(14)19-8-13)16(21)12-5-10-3-1-2-4-11(10)6-12/h1-4,7-9,12H,5-6H2,(H,19,20). The van der Waals surface area contributed by atoms with Crippen LogP contribution in [0.4, 0.5) is 0 Å². The first-order valence-electron chi connectivity index (χ1n) is 6.96. The maximum atomic E-state index is 12.8. The number of halogens is 1. The molecule has 1 aliphatic carbocycles. The lowest BCUT2D eigenvalue weighted by Gasteiger charge is -2.06. The highest BCUT2D eigenvalue weighted by Gasteiger charge is 2.29. The number of rotatable bonds is 2. The molecule has 21 heavy (non-hydrogen) atoms. The van der Waals surface area contributed by atoms with Crippen molar-refractivity contribution in [1.29, 1.82) is 0 Å². The first-order valence-corrected chi connectivity index (χ1v) is 7.75. The number of aromatic nitrogens is 2. The summed E-state index contributed by atoms with van der Waals surface area (Å²) in [5.41, 5.74) is 4.11. The number of hydrogen-bond donors (Lipinski definition) is 1. The van der Waals surface area contributed by atoms with Gasteiger partial charge in [-0.15, -0.1) is 0 Å². The quantitative estimate of drug-likeness (QED) is 0.718. The molecule has 0 atom stereocenters. The Hall–Kier alpha value is -1.94. The van der Waals surface area contributed by atoms with Gasteiger partial charge in [-0.2, -0.15) is 0 Å². The van der Waals surface area contributed by atoms with E-state index in [-0.39, 0.29) is 11.7 Å². The van der Waals surface area contributed by atoms with Crippen molar-refractivity contribution in [3.05, 3.63) is 63.9 Å². The third kappa shape index (κ3) is 2.10. The molecule has 0 saturated carbocycles. The zero-order valence-corrected chi connectivity index (χ0v) is 12.9. The van der Waals surface area contributed by atoms with Crippen LogP contribution in [0.1, 0.15) is 21.5 Å². The highest BCUT2D eigenvalue weighted by atomic mass is 79.9. The lowest BCUT2D eigenvalue weighted by molar-refractivity contribution is 0.0926. The van der Waals surface area contributed by atoms with Gasteiger partial charge in [0.05, 0.1) is 0 Å². The predicted molar refractivity (Wildman–Crippen MR) is 85.5 cm³/mol. The molecule has 0 saturated heterocycles. The average Bonchev–Trinajstić information content (AvgIpc) is 3.09. The Morgan fingerprint density at radius 3 is 2.67 bits per heavy atom. The van der Waals surface area contributed by atoms with Gasteiger partial charge >= 0.3 is 0 Å². The fourth-order valence-corrected chi connectivity index (χ4v) is 3.48. The number of Topliss-reactive ketones (excluding diaryl/α,β-unsaturated/α-hetero) is 1. The lowest BCUT2D eigenvalue weighted by atomic mass is 9.95. The topological polar surface area (TPSA) is 45.8 Å². The summed E-state index contributed by atoms with van der Waals surface area (Å²) in [6.07, 6.45) is 5.19. The molecule has 0 fully saturated rings. The number of hydrogen-bond acceptors (Lipinski definition) is 2. The average molecular weight is 341 g/mol. The van der Waals surface area contributed by atoms with E-state index in [4.69, 9.17) is 0 Å². The molecule has 1 N–H and O–H groups in total. The Kier molecular flexibility index (Phi) is 2.93. The highest BCUT2D eigenvalue weighted by molar-refractivity contribution is 9.10. The zero-order valence-electron chi connectivity index (χ0n) is 11.3. The van der Waals surface area contributed by atoms with Gasteiger partial charge in [-0.3, -0.25) is 4.79 Å². The Bertz CT molecular complexity index is 828. The van der Waals surface area contributed by atoms with Crippen LogP contribution in [-0.2, 0) is 12.8 Å². The van der Waals surface area contributed by atoms with Gasteiger partial charge in [0.15, 0.2) is 5.78 Å². The maximum absolute atomic E-state index is 12.8. The highest BCUT2D eigenvalue weighted by Crippen LogP contribution is 2.31. The first-order chi connectivity index (χ1) is 10.2. The minimum absolute atomic E-state index is 0.0420. The minimum Gasteiger partial charge on any atom is -0.345 e. The molecule has 4 rings (SSSR count). The van der Waals surface area contributed by atoms with E-state index in [1.165, 1.54) is 11.1 Å². The summed E-state index contributed by atoms with van der Waals surface area (Å²) in [5, 5.41) is 0.894. The number of H-pyrrole nitrogens is 1. The number of ketones is 1. The molecule has 2 aromatic heterocycles. The third-order valence-corrected chi connectivity index (χ3v) is 4.62. The van der Waals surface area contributed by atoms with E-state index < -0.39 is 0 Å². The van der Waals surface area contributed by atoms with E-state index in [1.807, 2.05) is 18.2 Å². The van der Waals surface area contributed by atoms with Crippen LogP contribution in [0.25, 0.3) is 11.0 Å². The van der Waals surface area contributed by atoms with Gasteiger partial charge in [-0.1, -0.05) is 24.3 Å². The maximum Gasteiger partial charge on any atom is 0.168 e. The van der Waals surface area contributed by atoms with Crippen LogP contribution < -0.4 is 0 Å².